The van der Waals surface area contributed by atoms with Gasteiger partial charge in [-0.15, -0.1) is 0 Å². The normalized spacial score (nSPS) is 16.2. The Morgan fingerprint density at radius 1 is 1.35 bits per heavy atom. The largest absolute Gasteiger partial charge is 0.495 e. The summed E-state index contributed by atoms with van der Waals surface area (Å²) in [5.41, 5.74) is 0.623. The average Bonchev–Trinajstić information content (AvgIpc) is 2.29. The number of carbonyl (C=O) groups is 2. The molecule has 1 saturated heterocycles. The molecule has 1 amide bonds. The van der Waals surface area contributed by atoms with Crippen molar-refractivity contribution in [1.29, 1.82) is 0 Å². The molecule has 0 aliphatic carbocycles. The minimum atomic E-state index is -0.207. The number of methoxy groups -OCH3 is 1. The second-order valence-electron chi connectivity index (χ2n) is 3.83. The molecule has 1 aliphatic heterocycles. The van der Waals surface area contributed by atoms with E-state index in [9.17, 15) is 9.59 Å². The number of halogens is 1. The lowest BCUT2D eigenvalue weighted by molar-refractivity contribution is -0.128. The van der Waals surface area contributed by atoms with Crippen LogP contribution in [-0.4, -0.2) is 25.3 Å². The van der Waals surface area contributed by atoms with Crippen molar-refractivity contribution >= 4 is 29.0 Å². The van der Waals surface area contributed by atoms with Crippen LogP contribution in [0.5, 0.6) is 5.75 Å². The van der Waals surface area contributed by atoms with E-state index in [0.717, 1.165) is 0 Å². The van der Waals surface area contributed by atoms with E-state index in [1.807, 2.05) is 0 Å². The first-order valence-corrected chi connectivity index (χ1v) is 5.65. The molecule has 0 atom stereocenters. The van der Waals surface area contributed by atoms with Gasteiger partial charge >= 0.3 is 0 Å². The maximum Gasteiger partial charge on any atom is 0.234 e. The number of hydrogen-bond acceptors (Lipinski definition) is 3. The first kappa shape index (κ1) is 11.9. The summed E-state index contributed by atoms with van der Waals surface area (Å²) >= 11 is 5.91. The third kappa shape index (κ3) is 2.42. The Kier molecular flexibility index (Phi) is 3.33. The summed E-state index contributed by atoms with van der Waals surface area (Å²) in [4.78, 5) is 24.5. The maximum atomic E-state index is 11.8. The Hall–Kier alpha value is -1.55. The quantitative estimate of drug-likeness (QED) is 0.758. The van der Waals surface area contributed by atoms with E-state index in [-0.39, 0.29) is 18.1 Å². The monoisotopic (exact) mass is 253 g/mol. The van der Waals surface area contributed by atoms with Crippen molar-refractivity contribution in [2.24, 2.45) is 0 Å². The number of Topliss-reactive ketones (excluding diaryl/α,β-unsaturated/α-hetero) is 1. The third-order valence-electron chi connectivity index (χ3n) is 2.70. The summed E-state index contributed by atoms with van der Waals surface area (Å²) in [6, 6.07) is 5.08. The number of piperidine rings is 1. The molecule has 0 spiro atoms. The number of ether oxygens (including phenoxy) is 1. The van der Waals surface area contributed by atoms with Gasteiger partial charge in [0.15, 0.2) is 0 Å². The summed E-state index contributed by atoms with van der Waals surface area (Å²) in [5, 5.41) is 0.533. The molecule has 0 N–H and O–H groups in total. The fourth-order valence-electron chi connectivity index (χ4n) is 1.84. The summed E-state index contributed by atoms with van der Waals surface area (Å²) in [5.74, 6) is 0.353. The third-order valence-corrected chi connectivity index (χ3v) is 2.93. The van der Waals surface area contributed by atoms with Crippen LogP contribution in [0.15, 0.2) is 18.2 Å². The highest BCUT2D eigenvalue weighted by atomic mass is 35.5. The van der Waals surface area contributed by atoms with Crippen LogP contribution < -0.4 is 9.64 Å². The lowest BCUT2D eigenvalue weighted by Crippen LogP contribution is -2.39. The van der Waals surface area contributed by atoms with Gasteiger partial charge in [-0.25, -0.2) is 0 Å². The fourth-order valence-corrected chi connectivity index (χ4v) is 2.01. The molecule has 1 heterocycles. The van der Waals surface area contributed by atoms with Crippen LogP contribution in [0, 0.1) is 0 Å². The minimum Gasteiger partial charge on any atom is -0.495 e. The molecule has 0 saturated carbocycles. The van der Waals surface area contributed by atoms with Crippen LogP contribution in [0.25, 0.3) is 0 Å². The van der Waals surface area contributed by atoms with Gasteiger partial charge in [0.1, 0.15) is 11.5 Å². The molecule has 1 aliphatic rings. The predicted octanol–water partition coefficient (Wildman–Crippen LogP) is 2.04. The number of ketones is 1. The molecule has 1 fully saturated rings. The molecule has 0 radical (unpaired) electrons. The number of anilines is 1. The highest BCUT2D eigenvalue weighted by molar-refractivity contribution is 6.31. The molecule has 1 aromatic carbocycles. The van der Waals surface area contributed by atoms with Crippen molar-refractivity contribution in [2.45, 2.75) is 12.8 Å². The first-order valence-electron chi connectivity index (χ1n) is 5.27. The van der Waals surface area contributed by atoms with E-state index < -0.39 is 0 Å². The Labute approximate surface area is 104 Å². The Morgan fingerprint density at radius 2 is 2.12 bits per heavy atom. The van der Waals surface area contributed by atoms with Crippen LogP contribution in [0.3, 0.4) is 0 Å². The second-order valence-corrected chi connectivity index (χ2v) is 4.26. The van der Waals surface area contributed by atoms with Gasteiger partial charge in [-0.3, -0.25) is 9.59 Å². The van der Waals surface area contributed by atoms with E-state index in [2.05, 4.69) is 0 Å². The van der Waals surface area contributed by atoms with Gasteiger partial charge in [0, 0.05) is 18.0 Å². The summed E-state index contributed by atoms with van der Waals surface area (Å²) in [6.07, 6.45) is 0.330. The minimum absolute atomic E-state index is 0.0211. The summed E-state index contributed by atoms with van der Waals surface area (Å²) in [7, 11) is 1.53. The zero-order chi connectivity index (χ0) is 12.4. The van der Waals surface area contributed by atoms with Gasteiger partial charge < -0.3 is 9.64 Å². The topological polar surface area (TPSA) is 46.6 Å². The lowest BCUT2D eigenvalue weighted by atomic mass is 10.1. The van der Waals surface area contributed by atoms with E-state index in [0.29, 0.717) is 29.4 Å². The number of carbonyl (C=O) groups excluding carboxylic acids is 2. The van der Waals surface area contributed by atoms with Crippen molar-refractivity contribution < 1.29 is 14.3 Å². The van der Waals surface area contributed by atoms with E-state index in [1.54, 1.807) is 23.1 Å². The van der Waals surface area contributed by atoms with E-state index >= 15 is 0 Å². The molecule has 5 heteroatoms. The van der Waals surface area contributed by atoms with Crippen molar-refractivity contribution in [3.8, 4) is 5.75 Å². The van der Waals surface area contributed by atoms with Gasteiger partial charge in [-0.1, -0.05) is 11.6 Å². The summed E-state index contributed by atoms with van der Waals surface area (Å²) in [6.45, 7) is 0.383. The van der Waals surface area contributed by atoms with Gasteiger partial charge in [-0.05, 0) is 18.2 Å². The molecule has 2 rings (SSSR count). The van der Waals surface area contributed by atoms with E-state index in [1.165, 1.54) is 7.11 Å². The molecule has 90 valence electrons. The zero-order valence-electron chi connectivity index (χ0n) is 9.40. The predicted molar refractivity (Wildman–Crippen MR) is 64.6 cm³/mol. The standard InChI is InChI=1S/C12H12ClNO3/c1-17-11-3-2-8(13)6-10(11)14-5-4-9(15)7-12(14)16/h2-3,6H,4-5,7H2,1H3. The first-order chi connectivity index (χ1) is 8.11. The van der Waals surface area contributed by atoms with Crippen LogP contribution in [0.2, 0.25) is 5.02 Å². The molecular formula is C12H12ClNO3. The molecule has 0 unspecified atom stereocenters. The number of benzene rings is 1. The number of hydrogen-bond donors (Lipinski definition) is 0. The molecule has 17 heavy (non-hydrogen) atoms. The van der Waals surface area contributed by atoms with Crippen LogP contribution in [0.4, 0.5) is 5.69 Å². The van der Waals surface area contributed by atoms with Crippen molar-refractivity contribution in [2.75, 3.05) is 18.6 Å². The van der Waals surface area contributed by atoms with Crippen LogP contribution in [-0.2, 0) is 9.59 Å². The highest BCUT2D eigenvalue weighted by Crippen LogP contribution is 2.32. The molecule has 0 aromatic heterocycles. The Bertz CT molecular complexity index is 473. The number of amides is 1. The number of nitrogens with zero attached hydrogens (tertiary/aromatic N) is 1. The van der Waals surface area contributed by atoms with Gasteiger partial charge in [0.05, 0.1) is 19.2 Å². The average molecular weight is 254 g/mol. The Morgan fingerprint density at radius 3 is 2.76 bits per heavy atom. The number of rotatable bonds is 2. The van der Waals surface area contributed by atoms with Crippen molar-refractivity contribution in [1.82, 2.24) is 0 Å². The van der Waals surface area contributed by atoms with Gasteiger partial charge in [0.2, 0.25) is 5.91 Å². The fraction of sp³-hybridized carbons (Fsp3) is 0.333. The molecular weight excluding hydrogens is 242 g/mol. The molecule has 4 nitrogen and oxygen atoms in total. The van der Waals surface area contributed by atoms with Gasteiger partial charge in [0.25, 0.3) is 0 Å². The highest BCUT2D eigenvalue weighted by Gasteiger charge is 2.26. The summed E-state index contributed by atoms with van der Waals surface area (Å²) < 4.78 is 5.19. The lowest BCUT2D eigenvalue weighted by Gasteiger charge is -2.27. The van der Waals surface area contributed by atoms with Crippen LogP contribution >= 0.6 is 11.6 Å². The Balaban J connectivity index is 2.35. The van der Waals surface area contributed by atoms with Gasteiger partial charge in [-0.2, -0.15) is 0 Å². The smallest absolute Gasteiger partial charge is 0.234 e. The zero-order valence-corrected chi connectivity index (χ0v) is 10.2. The second kappa shape index (κ2) is 4.75. The van der Waals surface area contributed by atoms with E-state index in [4.69, 9.17) is 16.3 Å². The van der Waals surface area contributed by atoms with Crippen LogP contribution in [0.1, 0.15) is 12.8 Å². The molecule has 0 bridgehead atoms. The van der Waals surface area contributed by atoms with Crippen molar-refractivity contribution in [3.05, 3.63) is 23.2 Å². The van der Waals surface area contributed by atoms with Crippen molar-refractivity contribution in [3.63, 3.8) is 0 Å². The maximum absolute atomic E-state index is 11.8. The SMILES string of the molecule is COc1ccc(Cl)cc1N1CCC(=O)CC1=O. The molecule has 1 aromatic rings.